The fourth-order valence-corrected chi connectivity index (χ4v) is 3.31. The summed E-state index contributed by atoms with van der Waals surface area (Å²) in [5.41, 5.74) is 1.51. The average Bonchev–Trinajstić information content (AvgIpc) is 3.02. The van der Waals surface area contributed by atoms with Crippen molar-refractivity contribution in [3.63, 3.8) is 0 Å². The van der Waals surface area contributed by atoms with Gasteiger partial charge in [-0.3, -0.25) is 4.98 Å². The Morgan fingerprint density at radius 2 is 2.22 bits per heavy atom. The van der Waals surface area contributed by atoms with Gasteiger partial charge >= 0.3 is 0 Å². The largest absolute Gasteiger partial charge is 0.370 e. The summed E-state index contributed by atoms with van der Waals surface area (Å²) in [7, 11) is 0. The van der Waals surface area contributed by atoms with Gasteiger partial charge in [-0.2, -0.15) is 0 Å². The summed E-state index contributed by atoms with van der Waals surface area (Å²) in [6.45, 7) is 1.86. The molecule has 2 fully saturated rings. The highest BCUT2D eigenvalue weighted by Crippen LogP contribution is 2.43. The van der Waals surface area contributed by atoms with Crippen molar-refractivity contribution in [1.82, 2.24) is 10.3 Å². The molecule has 3 heteroatoms. The van der Waals surface area contributed by atoms with Crippen LogP contribution in [0, 0.1) is 0 Å². The first-order valence-electron chi connectivity index (χ1n) is 7.14. The molecule has 98 valence electrons. The molecule has 2 aliphatic rings. The lowest BCUT2D eigenvalue weighted by atomic mass is 9.98. The van der Waals surface area contributed by atoms with Crippen LogP contribution in [0.2, 0.25) is 0 Å². The van der Waals surface area contributed by atoms with Crippen LogP contribution < -0.4 is 5.32 Å². The van der Waals surface area contributed by atoms with Gasteiger partial charge in [0.05, 0.1) is 11.7 Å². The van der Waals surface area contributed by atoms with E-state index in [1.54, 1.807) is 0 Å². The van der Waals surface area contributed by atoms with Crippen LogP contribution in [0.1, 0.15) is 44.1 Å². The topological polar surface area (TPSA) is 34.2 Å². The maximum Gasteiger partial charge on any atom is 0.0708 e. The molecular weight excluding hydrogens is 224 g/mol. The van der Waals surface area contributed by atoms with E-state index in [-0.39, 0.29) is 5.60 Å². The summed E-state index contributed by atoms with van der Waals surface area (Å²) in [6.07, 6.45) is 11.9. The summed E-state index contributed by atoms with van der Waals surface area (Å²) in [5.74, 6) is 0. The lowest BCUT2D eigenvalue weighted by Crippen LogP contribution is -2.30. The van der Waals surface area contributed by atoms with Gasteiger partial charge in [0, 0.05) is 25.5 Å². The Kier molecular flexibility index (Phi) is 3.62. The Hall–Kier alpha value is -0.930. The number of hydrogen-bond donors (Lipinski definition) is 1. The van der Waals surface area contributed by atoms with E-state index in [0.29, 0.717) is 6.10 Å². The third kappa shape index (κ3) is 2.73. The van der Waals surface area contributed by atoms with Crippen LogP contribution in [-0.4, -0.2) is 23.2 Å². The van der Waals surface area contributed by atoms with Crippen LogP contribution in [0.4, 0.5) is 0 Å². The molecule has 18 heavy (non-hydrogen) atoms. The van der Waals surface area contributed by atoms with E-state index in [4.69, 9.17) is 4.74 Å². The van der Waals surface area contributed by atoms with E-state index in [9.17, 15) is 0 Å². The fourth-order valence-electron chi connectivity index (χ4n) is 3.31. The van der Waals surface area contributed by atoms with E-state index >= 15 is 0 Å². The van der Waals surface area contributed by atoms with Crippen LogP contribution in [-0.2, 0) is 11.3 Å². The molecule has 0 bridgehead atoms. The third-order valence-electron chi connectivity index (χ3n) is 4.28. The van der Waals surface area contributed by atoms with E-state index in [0.717, 1.165) is 13.1 Å². The Balaban J connectivity index is 1.42. The van der Waals surface area contributed by atoms with Gasteiger partial charge in [-0.05, 0) is 37.3 Å². The molecule has 1 aromatic heterocycles. The predicted octanol–water partition coefficient (Wildman–Crippen LogP) is 2.66. The number of aromatic nitrogens is 1. The van der Waals surface area contributed by atoms with Gasteiger partial charge in [-0.15, -0.1) is 0 Å². The maximum absolute atomic E-state index is 6.27. The molecule has 1 unspecified atom stereocenters. The minimum atomic E-state index is 0.265. The van der Waals surface area contributed by atoms with Crippen LogP contribution in [0.3, 0.4) is 0 Å². The van der Waals surface area contributed by atoms with Gasteiger partial charge in [0.15, 0.2) is 0 Å². The zero-order chi connectivity index (χ0) is 12.3. The number of ether oxygens (including phenoxy) is 1. The first kappa shape index (κ1) is 12.1. The fraction of sp³-hybridized carbons (Fsp3) is 0.667. The second kappa shape index (κ2) is 5.37. The minimum Gasteiger partial charge on any atom is -0.370 e. The van der Waals surface area contributed by atoms with E-state index < -0.39 is 0 Å². The van der Waals surface area contributed by atoms with Crippen molar-refractivity contribution < 1.29 is 4.74 Å². The molecule has 1 aliphatic heterocycles. The molecule has 1 aromatic rings. The van der Waals surface area contributed by atoms with Crippen LogP contribution in [0.25, 0.3) is 0 Å². The standard InChI is InChI=1S/C15H22N2O/c1-2-7-15(6-1)8-5-14(18-15)12-17-11-13-4-3-9-16-10-13/h3-4,9-10,14,17H,1-2,5-8,11-12H2. The second-order valence-electron chi connectivity index (χ2n) is 5.66. The number of rotatable bonds is 4. The Bertz CT molecular complexity index is 373. The van der Waals surface area contributed by atoms with Crippen molar-refractivity contribution in [2.75, 3.05) is 6.54 Å². The highest BCUT2D eigenvalue weighted by atomic mass is 16.5. The molecule has 0 aromatic carbocycles. The molecule has 1 aliphatic carbocycles. The highest BCUT2D eigenvalue weighted by Gasteiger charge is 2.41. The molecule has 3 nitrogen and oxygen atoms in total. The smallest absolute Gasteiger partial charge is 0.0708 e. The lowest BCUT2D eigenvalue weighted by Gasteiger charge is -2.23. The zero-order valence-corrected chi connectivity index (χ0v) is 10.9. The molecule has 0 amide bonds. The van der Waals surface area contributed by atoms with Crippen LogP contribution in [0.5, 0.6) is 0 Å². The molecule has 1 atom stereocenters. The van der Waals surface area contributed by atoms with Gasteiger partial charge in [-0.1, -0.05) is 18.9 Å². The van der Waals surface area contributed by atoms with Gasteiger partial charge in [0.25, 0.3) is 0 Å². The highest BCUT2D eigenvalue weighted by molar-refractivity contribution is 5.07. The molecule has 1 spiro atoms. The zero-order valence-electron chi connectivity index (χ0n) is 10.9. The van der Waals surface area contributed by atoms with Crippen molar-refractivity contribution in [3.05, 3.63) is 30.1 Å². The van der Waals surface area contributed by atoms with Crippen LogP contribution in [0.15, 0.2) is 24.5 Å². The van der Waals surface area contributed by atoms with E-state index in [1.807, 2.05) is 18.5 Å². The van der Waals surface area contributed by atoms with Crippen molar-refractivity contribution in [3.8, 4) is 0 Å². The first-order chi connectivity index (χ1) is 8.86. The van der Waals surface area contributed by atoms with Gasteiger partial charge in [0.2, 0.25) is 0 Å². The van der Waals surface area contributed by atoms with Gasteiger partial charge < -0.3 is 10.1 Å². The monoisotopic (exact) mass is 246 g/mol. The quantitative estimate of drug-likeness (QED) is 0.887. The SMILES string of the molecule is c1cncc(CNCC2CCC3(CCCC3)O2)c1. The summed E-state index contributed by atoms with van der Waals surface area (Å²) in [4.78, 5) is 4.12. The van der Waals surface area contributed by atoms with E-state index in [2.05, 4.69) is 16.4 Å². The summed E-state index contributed by atoms with van der Waals surface area (Å²) < 4.78 is 6.27. The average molecular weight is 246 g/mol. The van der Waals surface area contributed by atoms with Crippen molar-refractivity contribution >= 4 is 0 Å². The number of pyridine rings is 1. The Morgan fingerprint density at radius 3 is 3.00 bits per heavy atom. The number of nitrogens with one attached hydrogen (secondary N) is 1. The minimum absolute atomic E-state index is 0.265. The summed E-state index contributed by atoms with van der Waals surface area (Å²) in [5, 5.41) is 3.48. The molecular formula is C15H22N2O. The van der Waals surface area contributed by atoms with Gasteiger partial charge in [-0.25, -0.2) is 0 Å². The second-order valence-corrected chi connectivity index (χ2v) is 5.66. The summed E-state index contributed by atoms with van der Waals surface area (Å²) in [6, 6.07) is 4.09. The number of hydrogen-bond acceptors (Lipinski definition) is 3. The van der Waals surface area contributed by atoms with Crippen molar-refractivity contribution in [2.45, 2.75) is 56.8 Å². The molecule has 1 N–H and O–H groups in total. The molecule has 1 saturated heterocycles. The summed E-state index contributed by atoms with van der Waals surface area (Å²) >= 11 is 0. The normalized spacial score (nSPS) is 25.9. The Morgan fingerprint density at radius 1 is 1.33 bits per heavy atom. The molecule has 1 saturated carbocycles. The van der Waals surface area contributed by atoms with Crippen molar-refractivity contribution in [1.29, 1.82) is 0 Å². The van der Waals surface area contributed by atoms with Crippen molar-refractivity contribution in [2.24, 2.45) is 0 Å². The molecule has 2 heterocycles. The van der Waals surface area contributed by atoms with Crippen LogP contribution >= 0.6 is 0 Å². The van der Waals surface area contributed by atoms with E-state index in [1.165, 1.54) is 44.1 Å². The predicted molar refractivity (Wildman–Crippen MR) is 71.2 cm³/mol. The third-order valence-corrected chi connectivity index (χ3v) is 4.28. The van der Waals surface area contributed by atoms with Gasteiger partial charge in [0.1, 0.15) is 0 Å². The Labute approximate surface area is 109 Å². The molecule has 3 rings (SSSR count). The lowest BCUT2D eigenvalue weighted by molar-refractivity contribution is -0.0351. The number of nitrogens with zero attached hydrogens (tertiary/aromatic N) is 1. The maximum atomic E-state index is 6.27. The first-order valence-corrected chi connectivity index (χ1v) is 7.14. The molecule has 0 radical (unpaired) electrons.